The van der Waals surface area contributed by atoms with Crippen LogP contribution in [0.1, 0.15) is 50.1 Å². The highest BCUT2D eigenvalue weighted by Crippen LogP contribution is 2.50. The Kier molecular flexibility index (Phi) is 15.2. The predicted octanol–water partition coefficient (Wildman–Crippen LogP) is 21.6. The van der Waals surface area contributed by atoms with Crippen LogP contribution in [-0.2, 0) is 6.18 Å². The van der Waals surface area contributed by atoms with Crippen molar-refractivity contribution in [3.05, 3.63) is 294 Å². The molecule has 0 atom stereocenters. The van der Waals surface area contributed by atoms with Gasteiger partial charge in [0, 0.05) is 71.7 Å². The molecule has 0 spiro atoms. The van der Waals surface area contributed by atoms with Gasteiger partial charge >= 0.3 is 6.18 Å². The molecule has 0 aliphatic rings. The minimum absolute atomic E-state index is 0.0234. The van der Waals surface area contributed by atoms with E-state index < -0.39 is 11.7 Å². The van der Waals surface area contributed by atoms with Gasteiger partial charge in [0.2, 0.25) is 0 Å². The molecule has 0 aliphatic heterocycles. The lowest BCUT2D eigenvalue weighted by atomic mass is 9.92. The minimum Gasteiger partial charge on any atom is -0.310 e. The van der Waals surface area contributed by atoms with Gasteiger partial charge in [0.05, 0.1) is 137 Å². The molecule has 0 radical (unpaired) electrons. The van der Waals surface area contributed by atoms with E-state index in [0.717, 1.165) is 12.1 Å². The third-order valence-electron chi connectivity index (χ3n) is 17.4. The van der Waals surface area contributed by atoms with Crippen molar-refractivity contribution in [1.82, 2.24) is 9.13 Å². The summed E-state index contributed by atoms with van der Waals surface area (Å²) in [6.45, 7) is 50.7. The standard InChI is InChI=1S/C81H32F3N15/c1-44-23-57(81(82,83)84)16-17-60(44)47-11-18-74(98-70-20-13-49(77-52(39-87)24-45(37-85)26-67(77)95-5)33-62(70)63-35-51(14-21-71(63)98)79-56(43-91)30-59(93-3)36-69(79)97-7)65(31-47)80-66(94-4)9-8-10-75(80)99-72-19-12-48(76-54(41-89)28-58(92-2)29-55(76)42-90)32-61(72)64-34-50(15-22-73(64)99)78-53(40-88)25-46(38-86)27-68(78)96-6/h8-36H,1H3. The third-order valence-corrected chi connectivity index (χ3v) is 17.4. The second-order valence-electron chi connectivity index (χ2n) is 22.6. The van der Waals surface area contributed by atoms with Crippen LogP contribution in [0.3, 0.4) is 0 Å². The maximum Gasteiger partial charge on any atom is 0.416 e. The number of hydrogen-bond acceptors (Lipinski definition) is 7. The summed E-state index contributed by atoms with van der Waals surface area (Å²) >= 11 is 0. The molecule has 2 aromatic heterocycles. The quantitative estimate of drug-likeness (QED) is 0.135. The highest BCUT2D eigenvalue weighted by molar-refractivity contribution is 6.16. The Morgan fingerprint density at radius 2 is 0.727 bits per heavy atom. The summed E-state index contributed by atoms with van der Waals surface area (Å²) in [7, 11) is 0. The second kappa shape index (κ2) is 24.3. The predicted molar refractivity (Wildman–Crippen MR) is 368 cm³/mol. The summed E-state index contributed by atoms with van der Waals surface area (Å²) in [4.78, 5) is 22.4. The van der Waals surface area contributed by atoms with Gasteiger partial charge in [0.25, 0.3) is 0 Å². The number of fused-ring (bicyclic) bond motifs is 6. The summed E-state index contributed by atoms with van der Waals surface area (Å²) in [6, 6.07) is 61.0. The molecule has 0 unspecified atom stereocenters. The number of benzene rings is 11. The van der Waals surface area contributed by atoms with Crippen molar-refractivity contribution in [2.24, 2.45) is 0 Å². The summed E-state index contributed by atoms with van der Waals surface area (Å²) < 4.78 is 47.1. The molecule has 11 aromatic carbocycles. The molecule has 0 fully saturated rings. The fraction of sp³-hybridized carbons (Fsp3) is 0.0247. The highest BCUT2D eigenvalue weighted by atomic mass is 19.4. The topological polar surface area (TPSA) is 203 Å². The maximum atomic E-state index is 14.4. The number of nitrogens with zero attached hydrogens (tertiary/aromatic N) is 15. The summed E-state index contributed by atoms with van der Waals surface area (Å²) in [5.41, 5.74) is 7.13. The second-order valence-corrected chi connectivity index (χ2v) is 22.6. The molecule has 0 N–H and O–H groups in total. The first-order valence-electron chi connectivity index (χ1n) is 29.4. The lowest BCUT2D eigenvalue weighted by Crippen LogP contribution is -2.05. The molecular weight excluding hydrogens is 1240 g/mol. The Hall–Kier alpha value is -15.8. The first-order chi connectivity index (χ1) is 48.0. The molecule has 452 valence electrons. The Balaban J connectivity index is 1.17. The van der Waals surface area contributed by atoms with Crippen LogP contribution in [0.2, 0.25) is 0 Å². The van der Waals surface area contributed by atoms with Crippen LogP contribution < -0.4 is 0 Å². The van der Waals surface area contributed by atoms with E-state index in [1.54, 1.807) is 116 Å². The number of alkyl halides is 3. The third kappa shape index (κ3) is 10.1. The van der Waals surface area contributed by atoms with Gasteiger partial charge in [-0.2, -0.15) is 50.0 Å². The molecular formula is C81H32F3N15. The average Bonchev–Trinajstić information content (AvgIpc) is 1.13. The molecule has 13 aromatic rings. The lowest BCUT2D eigenvalue weighted by molar-refractivity contribution is -0.137. The summed E-state index contributed by atoms with van der Waals surface area (Å²) in [5, 5.41) is 74.8. The van der Waals surface area contributed by atoms with Crippen LogP contribution in [-0.4, -0.2) is 9.13 Å². The van der Waals surface area contributed by atoms with E-state index in [2.05, 4.69) is 59.4 Å². The molecule has 0 saturated carbocycles. The maximum absolute atomic E-state index is 14.4. The van der Waals surface area contributed by atoms with Crippen LogP contribution in [0.15, 0.2) is 176 Å². The van der Waals surface area contributed by atoms with E-state index in [-0.39, 0.29) is 101 Å². The van der Waals surface area contributed by atoms with Crippen molar-refractivity contribution in [3.8, 4) is 121 Å². The van der Waals surface area contributed by atoms with E-state index in [1.807, 2.05) is 21.3 Å². The normalized spacial score (nSPS) is 10.7. The fourth-order valence-electron chi connectivity index (χ4n) is 13.2. The molecule has 0 amide bonds. The Bertz CT molecular complexity index is 6040. The summed E-state index contributed by atoms with van der Waals surface area (Å²) in [6.07, 6.45) is -4.68. The van der Waals surface area contributed by atoms with E-state index in [1.165, 1.54) is 54.6 Å². The van der Waals surface area contributed by atoms with Gasteiger partial charge in [-0.05, 0) is 173 Å². The number of hydrogen-bond donors (Lipinski definition) is 0. The average molecular weight is 1270 g/mol. The zero-order valence-corrected chi connectivity index (χ0v) is 51.1. The zero-order chi connectivity index (χ0) is 69.7. The number of halogens is 3. The number of aryl methyl sites for hydroxylation is 1. The smallest absolute Gasteiger partial charge is 0.310 e. The van der Waals surface area contributed by atoms with Gasteiger partial charge in [0.15, 0.2) is 34.1 Å². The molecule has 99 heavy (non-hydrogen) atoms. The molecule has 0 aliphatic carbocycles. The highest BCUT2D eigenvalue weighted by Gasteiger charge is 2.32. The number of nitriles is 7. The van der Waals surface area contributed by atoms with Gasteiger partial charge in [-0.3, -0.25) is 0 Å². The largest absolute Gasteiger partial charge is 0.416 e. The zero-order valence-electron chi connectivity index (χ0n) is 51.1. The van der Waals surface area contributed by atoms with E-state index in [9.17, 15) is 50.0 Å². The monoisotopic (exact) mass is 1270 g/mol. The molecule has 2 heterocycles. The number of aromatic nitrogens is 2. The van der Waals surface area contributed by atoms with E-state index in [4.69, 9.17) is 39.4 Å². The van der Waals surface area contributed by atoms with Crippen molar-refractivity contribution in [2.75, 3.05) is 0 Å². The van der Waals surface area contributed by atoms with Gasteiger partial charge in [0.1, 0.15) is 0 Å². The van der Waals surface area contributed by atoms with Gasteiger partial charge in [-0.25, -0.2) is 29.1 Å². The molecule has 13 rings (SSSR count). The lowest BCUT2D eigenvalue weighted by Gasteiger charge is -2.21. The number of rotatable bonds is 8. The fourth-order valence-corrected chi connectivity index (χ4v) is 13.2. The van der Waals surface area contributed by atoms with Gasteiger partial charge < -0.3 is 9.13 Å². The first kappa shape index (κ1) is 62.0. The van der Waals surface area contributed by atoms with Crippen molar-refractivity contribution in [2.45, 2.75) is 13.1 Å². The molecule has 0 bridgehead atoms. The van der Waals surface area contributed by atoms with Crippen molar-refractivity contribution in [3.63, 3.8) is 0 Å². The van der Waals surface area contributed by atoms with Crippen molar-refractivity contribution >= 4 is 77.7 Å². The van der Waals surface area contributed by atoms with Crippen LogP contribution in [0.25, 0.3) is 151 Å². The minimum atomic E-state index is -4.68. The van der Waals surface area contributed by atoms with E-state index in [0.29, 0.717) is 99.5 Å². The molecule has 0 saturated heterocycles. The van der Waals surface area contributed by atoms with Crippen LogP contribution >= 0.6 is 0 Å². The Labute approximate surface area is 562 Å². The Morgan fingerprint density at radius 3 is 1.13 bits per heavy atom. The van der Waals surface area contributed by atoms with Crippen molar-refractivity contribution < 1.29 is 13.2 Å². The van der Waals surface area contributed by atoms with Crippen molar-refractivity contribution in [1.29, 1.82) is 36.8 Å². The van der Waals surface area contributed by atoms with E-state index >= 15 is 0 Å². The van der Waals surface area contributed by atoms with Gasteiger partial charge in [-0.15, -0.1) is 0 Å². The first-order valence-corrected chi connectivity index (χ1v) is 29.4. The molecule has 15 nitrogen and oxygen atoms in total. The van der Waals surface area contributed by atoms with Crippen LogP contribution in [0, 0.1) is 126 Å². The van der Waals surface area contributed by atoms with Gasteiger partial charge in [-0.1, -0.05) is 54.6 Å². The van der Waals surface area contributed by atoms with Crippen LogP contribution in [0.4, 0.5) is 47.3 Å². The molecule has 18 heteroatoms. The van der Waals surface area contributed by atoms with Crippen LogP contribution in [0.5, 0.6) is 0 Å². The summed E-state index contributed by atoms with van der Waals surface area (Å²) in [5.74, 6) is 0. The SMILES string of the molecule is [C-]#[N+]c1cc(C#N)c(-c2ccc3c(c2)c2cc(-c4c(C#N)cc(C#N)cc4[N+]#[C-])ccc2n3-c2cccc([N+]#[C-])c2-c2cc(-c3ccc(C(F)(F)F)cc3C)ccc2-n2c3ccc(-c4c(C#N)cc(C#N)cc4[N+]#[C-])cc3c3cc(-c4c(C#N)cc([N+]#[C-])cc4[N+]#[C-])ccc32)c(C#N)c1. The Morgan fingerprint density at radius 1 is 0.333 bits per heavy atom.